The van der Waals surface area contributed by atoms with E-state index in [4.69, 9.17) is 4.74 Å². The molecule has 3 nitrogen and oxygen atoms in total. The van der Waals surface area contributed by atoms with Crippen LogP contribution in [0.4, 0.5) is 13.2 Å². The van der Waals surface area contributed by atoms with E-state index in [1.807, 2.05) is 14.0 Å². The van der Waals surface area contributed by atoms with E-state index in [2.05, 4.69) is 10.2 Å². The van der Waals surface area contributed by atoms with Gasteiger partial charge in [-0.25, -0.2) is 0 Å². The van der Waals surface area contributed by atoms with Crippen molar-refractivity contribution in [1.82, 2.24) is 10.2 Å². The van der Waals surface area contributed by atoms with Crippen molar-refractivity contribution < 1.29 is 17.9 Å². The van der Waals surface area contributed by atoms with Gasteiger partial charge in [0.2, 0.25) is 0 Å². The molecule has 1 unspecified atom stereocenters. The van der Waals surface area contributed by atoms with E-state index in [-0.39, 0.29) is 12.5 Å². The predicted octanol–water partition coefficient (Wildman–Crippen LogP) is 2.28. The molecule has 0 saturated carbocycles. The second kappa shape index (κ2) is 9.58. The molecule has 0 aromatic carbocycles. The second-order valence-electron chi connectivity index (χ2n) is 4.66. The van der Waals surface area contributed by atoms with Crippen LogP contribution in [0.15, 0.2) is 0 Å². The van der Waals surface area contributed by atoms with E-state index in [0.29, 0.717) is 13.0 Å². The van der Waals surface area contributed by atoms with Crippen LogP contribution in [-0.2, 0) is 4.74 Å². The summed E-state index contributed by atoms with van der Waals surface area (Å²) in [5.74, 6) is 0. The first-order chi connectivity index (χ1) is 8.35. The first-order valence-electron chi connectivity index (χ1n) is 6.32. The van der Waals surface area contributed by atoms with Crippen molar-refractivity contribution in [2.45, 2.75) is 38.4 Å². The number of likely N-dealkylation sites (N-methyl/N-ethyl adjacent to an activating group) is 1. The van der Waals surface area contributed by atoms with Crippen molar-refractivity contribution in [3.8, 4) is 0 Å². The molecule has 0 fully saturated rings. The van der Waals surface area contributed by atoms with Gasteiger partial charge in [0.1, 0.15) is 0 Å². The number of halogens is 3. The van der Waals surface area contributed by atoms with Crippen LogP contribution in [-0.4, -0.2) is 57.5 Å². The van der Waals surface area contributed by atoms with E-state index in [9.17, 15) is 13.2 Å². The highest BCUT2D eigenvalue weighted by Gasteiger charge is 2.26. The van der Waals surface area contributed by atoms with Crippen LogP contribution >= 0.6 is 0 Å². The Morgan fingerprint density at radius 3 is 2.50 bits per heavy atom. The Kier molecular flexibility index (Phi) is 9.40. The highest BCUT2D eigenvalue weighted by Crippen LogP contribution is 2.22. The molecule has 0 amide bonds. The Morgan fingerprint density at radius 2 is 1.94 bits per heavy atom. The standard InChI is InChI=1S/C12H25F3N2O/c1-11(5-4-6-12(13,14)15)16-7-8-17(2)9-10-18-3/h11,16H,4-10H2,1-3H3. The van der Waals surface area contributed by atoms with Gasteiger partial charge in [0, 0.05) is 39.2 Å². The van der Waals surface area contributed by atoms with Crippen molar-refractivity contribution in [2.24, 2.45) is 0 Å². The summed E-state index contributed by atoms with van der Waals surface area (Å²) in [6, 6.07) is 0.128. The summed E-state index contributed by atoms with van der Waals surface area (Å²) >= 11 is 0. The zero-order valence-electron chi connectivity index (χ0n) is 11.5. The molecule has 0 spiro atoms. The minimum Gasteiger partial charge on any atom is -0.383 e. The van der Waals surface area contributed by atoms with E-state index in [1.54, 1.807) is 7.11 Å². The lowest BCUT2D eigenvalue weighted by atomic mass is 10.1. The van der Waals surface area contributed by atoms with Gasteiger partial charge in [-0.2, -0.15) is 13.2 Å². The first kappa shape index (κ1) is 17.7. The Hall–Kier alpha value is -0.330. The normalized spacial score (nSPS) is 14.2. The Morgan fingerprint density at radius 1 is 1.28 bits per heavy atom. The molecule has 1 N–H and O–H groups in total. The number of hydrogen-bond donors (Lipinski definition) is 1. The van der Waals surface area contributed by atoms with Crippen molar-refractivity contribution in [3.05, 3.63) is 0 Å². The molecule has 0 aliphatic rings. The van der Waals surface area contributed by atoms with Crippen LogP contribution in [0.1, 0.15) is 26.2 Å². The third-order valence-electron chi connectivity index (χ3n) is 2.76. The third-order valence-corrected chi connectivity index (χ3v) is 2.76. The fourth-order valence-electron chi connectivity index (χ4n) is 1.57. The molecule has 0 rings (SSSR count). The molecule has 1 atom stereocenters. The highest BCUT2D eigenvalue weighted by atomic mass is 19.4. The smallest absolute Gasteiger partial charge is 0.383 e. The summed E-state index contributed by atoms with van der Waals surface area (Å²) in [6.07, 6.45) is -3.97. The summed E-state index contributed by atoms with van der Waals surface area (Å²) in [7, 11) is 3.66. The molecule has 0 bridgehead atoms. The number of rotatable bonds is 10. The predicted molar refractivity (Wildman–Crippen MR) is 66.7 cm³/mol. The van der Waals surface area contributed by atoms with Gasteiger partial charge < -0.3 is 15.0 Å². The molecule has 0 saturated heterocycles. The van der Waals surface area contributed by atoms with E-state index < -0.39 is 12.6 Å². The van der Waals surface area contributed by atoms with E-state index >= 15 is 0 Å². The Balaban J connectivity index is 3.44. The zero-order valence-corrected chi connectivity index (χ0v) is 11.5. The van der Waals surface area contributed by atoms with Gasteiger partial charge in [-0.1, -0.05) is 0 Å². The average molecular weight is 270 g/mol. The van der Waals surface area contributed by atoms with Crippen molar-refractivity contribution >= 4 is 0 Å². The molecule has 18 heavy (non-hydrogen) atoms. The molecule has 0 aromatic rings. The maximum absolute atomic E-state index is 11.9. The van der Waals surface area contributed by atoms with Crippen LogP contribution in [0.5, 0.6) is 0 Å². The zero-order chi connectivity index (χ0) is 14.0. The lowest BCUT2D eigenvalue weighted by Gasteiger charge is -2.19. The van der Waals surface area contributed by atoms with Gasteiger partial charge in [-0.05, 0) is 26.8 Å². The Bertz CT molecular complexity index is 200. The van der Waals surface area contributed by atoms with E-state index in [1.165, 1.54) is 0 Å². The largest absolute Gasteiger partial charge is 0.389 e. The second-order valence-corrected chi connectivity index (χ2v) is 4.66. The Labute approximate surface area is 108 Å². The average Bonchev–Trinajstić information content (AvgIpc) is 2.24. The number of ether oxygens (including phenoxy) is 1. The molecule has 0 aliphatic carbocycles. The quantitative estimate of drug-likeness (QED) is 0.659. The van der Waals surface area contributed by atoms with Gasteiger partial charge in [-0.15, -0.1) is 0 Å². The monoisotopic (exact) mass is 270 g/mol. The summed E-state index contributed by atoms with van der Waals surface area (Å²) in [5.41, 5.74) is 0. The van der Waals surface area contributed by atoms with Crippen LogP contribution in [0, 0.1) is 0 Å². The van der Waals surface area contributed by atoms with E-state index in [0.717, 1.165) is 19.6 Å². The van der Waals surface area contributed by atoms with Gasteiger partial charge in [0.15, 0.2) is 0 Å². The fourth-order valence-corrected chi connectivity index (χ4v) is 1.57. The molecule has 0 aliphatic heterocycles. The lowest BCUT2D eigenvalue weighted by Crippen LogP contribution is -2.35. The first-order valence-corrected chi connectivity index (χ1v) is 6.32. The van der Waals surface area contributed by atoms with Crippen LogP contribution in [0.25, 0.3) is 0 Å². The van der Waals surface area contributed by atoms with Crippen LogP contribution < -0.4 is 5.32 Å². The van der Waals surface area contributed by atoms with Crippen molar-refractivity contribution in [2.75, 3.05) is 40.4 Å². The number of alkyl halides is 3. The van der Waals surface area contributed by atoms with Crippen molar-refractivity contribution in [3.63, 3.8) is 0 Å². The molecule has 110 valence electrons. The molecule has 6 heteroatoms. The third kappa shape index (κ3) is 12.1. The summed E-state index contributed by atoms with van der Waals surface area (Å²) in [4.78, 5) is 2.12. The lowest BCUT2D eigenvalue weighted by molar-refractivity contribution is -0.135. The van der Waals surface area contributed by atoms with Gasteiger partial charge in [0.25, 0.3) is 0 Å². The summed E-state index contributed by atoms with van der Waals surface area (Å²) in [6.45, 7) is 5.13. The number of hydrogen-bond acceptors (Lipinski definition) is 3. The molecule has 0 aromatic heterocycles. The van der Waals surface area contributed by atoms with Crippen LogP contribution in [0.2, 0.25) is 0 Å². The molecule has 0 radical (unpaired) electrons. The number of methoxy groups -OCH3 is 1. The summed E-state index contributed by atoms with van der Waals surface area (Å²) in [5, 5.41) is 3.23. The topological polar surface area (TPSA) is 24.5 Å². The summed E-state index contributed by atoms with van der Waals surface area (Å²) < 4.78 is 40.8. The fraction of sp³-hybridized carbons (Fsp3) is 1.00. The highest BCUT2D eigenvalue weighted by molar-refractivity contribution is 4.64. The minimum atomic E-state index is -4.03. The van der Waals surface area contributed by atoms with Gasteiger partial charge in [-0.3, -0.25) is 0 Å². The van der Waals surface area contributed by atoms with Crippen molar-refractivity contribution in [1.29, 1.82) is 0 Å². The molecular weight excluding hydrogens is 245 g/mol. The maximum atomic E-state index is 11.9. The number of nitrogens with zero attached hydrogens (tertiary/aromatic N) is 1. The SMILES string of the molecule is COCCN(C)CCNC(C)CCCC(F)(F)F. The minimum absolute atomic E-state index is 0.128. The van der Waals surface area contributed by atoms with Crippen LogP contribution in [0.3, 0.4) is 0 Å². The molecular formula is C12H25F3N2O. The number of nitrogens with one attached hydrogen (secondary N) is 1. The molecule has 0 heterocycles. The van der Waals surface area contributed by atoms with Gasteiger partial charge >= 0.3 is 6.18 Å². The maximum Gasteiger partial charge on any atom is 0.389 e. The van der Waals surface area contributed by atoms with Gasteiger partial charge in [0.05, 0.1) is 6.61 Å².